The summed E-state index contributed by atoms with van der Waals surface area (Å²) in [6.07, 6.45) is 2.76. The summed E-state index contributed by atoms with van der Waals surface area (Å²) in [7, 11) is 0. The molecule has 1 aliphatic carbocycles. The Labute approximate surface area is 181 Å². The molecule has 4 rings (SSSR count). The van der Waals surface area contributed by atoms with E-state index in [4.69, 9.17) is 9.47 Å². The van der Waals surface area contributed by atoms with Crippen molar-refractivity contribution in [3.8, 4) is 5.75 Å². The molecular weight excluding hydrogens is 393 g/mol. The highest BCUT2D eigenvalue weighted by molar-refractivity contribution is 5.94. The van der Waals surface area contributed by atoms with E-state index >= 15 is 0 Å². The van der Waals surface area contributed by atoms with Crippen molar-refractivity contribution < 1.29 is 18.7 Å². The summed E-state index contributed by atoms with van der Waals surface area (Å²) in [5.41, 5.74) is 4.84. The Balaban J connectivity index is 1.66. The van der Waals surface area contributed by atoms with Crippen LogP contribution in [0.25, 0.3) is 11.1 Å². The van der Waals surface area contributed by atoms with Crippen LogP contribution in [0.3, 0.4) is 0 Å². The summed E-state index contributed by atoms with van der Waals surface area (Å²) < 4.78 is 25.1. The van der Waals surface area contributed by atoms with Gasteiger partial charge in [0.1, 0.15) is 23.9 Å². The number of carbonyl (C=O) groups is 1. The van der Waals surface area contributed by atoms with Crippen molar-refractivity contribution in [2.24, 2.45) is 0 Å². The minimum atomic E-state index is -0.418. The number of carbonyl (C=O) groups excluding carboxylic acids is 1. The normalized spacial score (nSPS) is 13.4. The van der Waals surface area contributed by atoms with E-state index in [1.54, 1.807) is 31.2 Å². The van der Waals surface area contributed by atoms with Gasteiger partial charge in [0.2, 0.25) is 0 Å². The van der Waals surface area contributed by atoms with E-state index in [1.807, 2.05) is 36.4 Å². The molecule has 158 valence electrons. The highest BCUT2D eigenvalue weighted by atomic mass is 19.1. The average Bonchev–Trinajstić information content (AvgIpc) is 3.29. The number of nitrogens with zero attached hydrogens (tertiary/aromatic N) is 1. The Hall–Kier alpha value is -3.47. The maximum Gasteiger partial charge on any atom is 0.356 e. The number of allylic oxidation sites excluding steroid dienone is 2. The lowest BCUT2D eigenvalue weighted by Crippen LogP contribution is -2.08. The molecule has 0 bridgehead atoms. The smallest absolute Gasteiger partial charge is 0.356 e. The fourth-order valence-electron chi connectivity index (χ4n) is 3.86. The molecule has 5 heteroatoms. The first-order valence-electron chi connectivity index (χ1n) is 10.5. The molecule has 0 unspecified atom stereocenters. The van der Waals surface area contributed by atoms with Crippen molar-refractivity contribution >= 4 is 17.1 Å². The van der Waals surface area contributed by atoms with Gasteiger partial charge in [-0.3, -0.25) is 0 Å². The molecule has 0 atom stereocenters. The maximum absolute atomic E-state index is 14.0. The van der Waals surface area contributed by atoms with Gasteiger partial charge in [0.15, 0.2) is 0 Å². The van der Waals surface area contributed by atoms with Gasteiger partial charge in [-0.05, 0) is 61.6 Å². The number of benzene rings is 2. The zero-order valence-corrected chi connectivity index (χ0v) is 17.4. The first-order chi connectivity index (χ1) is 15.2. The number of ether oxygens (including phenoxy) is 2. The molecule has 1 aromatic heterocycles. The van der Waals surface area contributed by atoms with Crippen LogP contribution in [0.2, 0.25) is 0 Å². The van der Waals surface area contributed by atoms with Crippen molar-refractivity contribution in [2.45, 2.75) is 32.8 Å². The molecule has 3 aromatic rings. The monoisotopic (exact) mass is 417 g/mol. The third-order valence-electron chi connectivity index (χ3n) is 5.31. The minimum Gasteiger partial charge on any atom is -0.488 e. The predicted molar refractivity (Wildman–Crippen MR) is 118 cm³/mol. The quantitative estimate of drug-likeness (QED) is 0.438. The molecule has 0 saturated carbocycles. The van der Waals surface area contributed by atoms with Gasteiger partial charge in [0, 0.05) is 11.1 Å². The third-order valence-corrected chi connectivity index (χ3v) is 5.31. The molecule has 1 heterocycles. The number of rotatable bonds is 7. The van der Waals surface area contributed by atoms with Crippen LogP contribution < -0.4 is 4.74 Å². The number of hydrogen-bond acceptors (Lipinski definition) is 4. The molecular formula is C26H24FNO3. The van der Waals surface area contributed by atoms with Gasteiger partial charge in [0.05, 0.1) is 12.3 Å². The summed E-state index contributed by atoms with van der Waals surface area (Å²) in [6.45, 7) is 2.24. The van der Waals surface area contributed by atoms with Gasteiger partial charge < -0.3 is 9.47 Å². The second-order valence-electron chi connectivity index (χ2n) is 7.32. The molecule has 0 fully saturated rings. The topological polar surface area (TPSA) is 48.4 Å². The van der Waals surface area contributed by atoms with Crippen LogP contribution >= 0.6 is 0 Å². The van der Waals surface area contributed by atoms with Crippen molar-refractivity contribution in [1.29, 1.82) is 0 Å². The molecule has 0 saturated heterocycles. The van der Waals surface area contributed by atoms with Gasteiger partial charge in [-0.25, -0.2) is 14.2 Å². The summed E-state index contributed by atoms with van der Waals surface area (Å²) >= 11 is 0. The van der Waals surface area contributed by atoms with Gasteiger partial charge in [-0.15, -0.1) is 0 Å². The number of esters is 1. The summed E-state index contributed by atoms with van der Waals surface area (Å²) in [4.78, 5) is 16.7. The summed E-state index contributed by atoms with van der Waals surface area (Å²) in [5, 5.41) is 0. The maximum atomic E-state index is 14.0. The SMILES string of the molecule is CCOC(=O)c1cccc(C2=C(c3ccccc3OCc3ccccc3F)CCC2)n1. The van der Waals surface area contributed by atoms with Crippen LogP contribution in [-0.4, -0.2) is 17.6 Å². The van der Waals surface area contributed by atoms with Crippen LogP contribution in [-0.2, 0) is 11.3 Å². The van der Waals surface area contributed by atoms with Gasteiger partial charge in [0.25, 0.3) is 0 Å². The Morgan fingerprint density at radius 1 is 0.968 bits per heavy atom. The highest BCUT2D eigenvalue weighted by Gasteiger charge is 2.22. The molecule has 0 radical (unpaired) electrons. The van der Waals surface area contributed by atoms with E-state index < -0.39 is 5.97 Å². The lowest BCUT2D eigenvalue weighted by atomic mass is 9.99. The van der Waals surface area contributed by atoms with E-state index in [0.29, 0.717) is 23.6 Å². The Bertz CT molecular complexity index is 1120. The molecule has 31 heavy (non-hydrogen) atoms. The van der Waals surface area contributed by atoms with Crippen LogP contribution in [0.1, 0.15) is 53.5 Å². The molecule has 0 N–H and O–H groups in total. The first-order valence-corrected chi connectivity index (χ1v) is 10.5. The van der Waals surface area contributed by atoms with Crippen molar-refractivity contribution in [2.75, 3.05) is 6.61 Å². The minimum absolute atomic E-state index is 0.156. The van der Waals surface area contributed by atoms with Gasteiger partial charge in [-0.1, -0.05) is 42.5 Å². The van der Waals surface area contributed by atoms with Gasteiger partial charge in [-0.2, -0.15) is 0 Å². The van der Waals surface area contributed by atoms with E-state index in [9.17, 15) is 9.18 Å². The van der Waals surface area contributed by atoms with Crippen LogP contribution in [0.15, 0.2) is 66.7 Å². The second kappa shape index (κ2) is 9.56. The third kappa shape index (κ3) is 4.66. The Morgan fingerprint density at radius 2 is 1.74 bits per heavy atom. The summed E-state index contributed by atoms with van der Waals surface area (Å²) in [5.74, 6) is 0.0144. The predicted octanol–water partition coefficient (Wildman–Crippen LogP) is 6.07. The molecule has 2 aromatic carbocycles. The lowest BCUT2D eigenvalue weighted by molar-refractivity contribution is 0.0519. The van der Waals surface area contributed by atoms with E-state index in [1.165, 1.54) is 6.07 Å². The Morgan fingerprint density at radius 3 is 2.58 bits per heavy atom. The lowest BCUT2D eigenvalue weighted by Gasteiger charge is -2.15. The molecule has 0 amide bonds. The number of halogens is 1. The largest absolute Gasteiger partial charge is 0.488 e. The van der Waals surface area contributed by atoms with Crippen molar-refractivity contribution in [3.05, 3.63) is 95.1 Å². The zero-order chi connectivity index (χ0) is 21.6. The van der Waals surface area contributed by atoms with Crippen molar-refractivity contribution in [1.82, 2.24) is 4.98 Å². The highest BCUT2D eigenvalue weighted by Crippen LogP contribution is 2.42. The average molecular weight is 417 g/mol. The van der Waals surface area contributed by atoms with Crippen molar-refractivity contribution in [3.63, 3.8) is 0 Å². The zero-order valence-electron chi connectivity index (χ0n) is 17.4. The fourth-order valence-corrected chi connectivity index (χ4v) is 3.86. The van der Waals surface area contributed by atoms with E-state index in [-0.39, 0.29) is 12.4 Å². The van der Waals surface area contributed by atoms with Crippen LogP contribution in [0, 0.1) is 5.82 Å². The molecule has 0 aliphatic heterocycles. The van der Waals surface area contributed by atoms with E-state index in [2.05, 4.69) is 4.98 Å². The fraction of sp³-hybridized carbons (Fsp3) is 0.231. The van der Waals surface area contributed by atoms with Crippen LogP contribution in [0.5, 0.6) is 5.75 Å². The van der Waals surface area contributed by atoms with Gasteiger partial charge >= 0.3 is 5.97 Å². The molecule has 1 aliphatic rings. The number of para-hydroxylation sites is 1. The standard InChI is InChI=1S/C26H24FNO3/c1-2-30-26(29)24-15-8-14-23(28-24)20-12-7-11-19(20)21-10-4-6-16-25(21)31-17-18-9-3-5-13-22(18)27/h3-6,8-10,13-16H,2,7,11-12,17H2,1H3. The summed E-state index contributed by atoms with van der Waals surface area (Å²) in [6, 6.07) is 19.9. The van der Waals surface area contributed by atoms with Crippen LogP contribution in [0.4, 0.5) is 4.39 Å². The van der Waals surface area contributed by atoms with E-state index in [0.717, 1.165) is 41.7 Å². The number of aromatic nitrogens is 1. The first kappa shape index (κ1) is 20.8. The number of hydrogen-bond donors (Lipinski definition) is 0. The molecule has 0 spiro atoms. The second-order valence-corrected chi connectivity index (χ2v) is 7.32. The number of pyridine rings is 1. The molecule has 4 nitrogen and oxygen atoms in total. The Kier molecular flexibility index (Phi) is 6.41.